The molecule has 7 heteroatoms. The molecule has 0 bridgehead atoms. The molecule has 3 rings (SSSR count). The molecule has 0 saturated carbocycles. The number of benzene rings is 1. The van der Waals surface area contributed by atoms with Crippen LogP contribution in [0.25, 0.3) is 10.9 Å². The van der Waals surface area contributed by atoms with Crippen molar-refractivity contribution in [1.82, 2.24) is 15.2 Å². The van der Waals surface area contributed by atoms with Crippen LogP contribution in [-0.2, 0) is 11.2 Å². The second kappa shape index (κ2) is 7.06. The molecule has 118 valence electrons. The Kier molecular flexibility index (Phi) is 4.88. The fourth-order valence-corrected chi connectivity index (χ4v) is 3.51. The number of nitrogens with zero attached hydrogens (tertiary/aromatic N) is 3. The van der Waals surface area contributed by atoms with Gasteiger partial charge in [0.15, 0.2) is 0 Å². The lowest BCUT2D eigenvalue weighted by atomic mass is 10.2. The Hall–Kier alpha value is -1.99. The van der Waals surface area contributed by atoms with Crippen LogP contribution in [-0.4, -0.2) is 26.3 Å². The van der Waals surface area contributed by atoms with Crippen molar-refractivity contribution in [3.05, 3.63) is 41.4 Å². The Morgan fingerprint density at radius 2 is 2.09 bits per heavy atom. The summed E-state index contributed by atoms with van der Waals surface area (Å²) in [7, 11) is 0. The zero-order valence-electron chi connectivity index (χ0n) is 12.8. The number of fused-ring (bicyclic) bond motifs is 1. The van der Waals surface area contributed by atoms with Crippen LogP contribution >= 0.6 is 23.1 Å². The van der Waals surface area contributed by atoms with Crippen LogP contribution in [0.5, 0.6) is 0 Å². The largest absolute Gasteiger partial charge is 0.300 e. The van der Waals surface area contributed by atoms with Crippen LogP contribution in [0, 0.1) is 0 Å². The number of carbonyl (C=O) groups is 1. The minimum absolute atomic E-state index is 0.0937. The zero-order chi connectivity index (χ0) is 16.2. The normalized spacial score (nSPS) is 12.3. The van der Waals surface area contributed by atoms with E-state index in [-0.39, 0.29) is 11.2 Å². The fourth-order valence-electron chi connectivity index (χ4n) is 2.00. The van der Waals surface area contributed by atoms with Crippen molar-refractivity contribution in [2.24, 2.45) is 0 Å². The van der Waals surface area contributed by atoms with Gasteiger partial charge in [-0.25, -0.2) is 4.98 Å². The number of rotatable bonds is 5. The van der Waals surface area contributed by atoms with Crippen molar-refractivity contribution in [3.8, 4) is 0 Å². The number of para-hydroxylation sites is 1. The van der Waals surface area contributed by atoms with Crippen LogP contribution in [0.4, 0.5) is 5.13 Å². The summed E-state index contributed by atoms with van der Waals surface area (Å²) in [6.45, 7) is 3.87. The number of pyridine rings is 1. The molecule has 0 radical (unpaired) electrons. The van der Waals surface area contributed by atoms with E-state index in [0.29, 0.717) is 5.13 Å². The van der Waals surface area contributed by atoms with Crippen LogP contribution in [0.3, 0.4) is 0 Å². The molecule has 5 nitrogen and oxygen atoms in total. The molecule has 2 aromatic heterocycles. The van der Waals surface area contributed by atoms with Crippen molar-refractivity contribution >= 4 is 45.0 Å². The molecule has 3 aromatic rings. The van der Waals surface area contributed by atoms with E-state index in [1.807, 2.05) is 50.2 Å². The van der Waals surface area contributed by atoms with Crippen LogP contribution < -0.4 is 5.32 Å². The van der Waals surface area contributed by atoms with E-state index in [0.717, 1.165) is 27.4 Å². The van der Waals surface area contributed by atoms with Crippen molar-refractivity contribution in [3.63, 3.8) is 0 Å². The highest BCUT2D eigenvalue weighted by molar-refractivity contribution is 8.00. The highest BCUT2D eigenvalue weighted by atomic mass is 32.2. The van der Waals surface area contributed by atoms with Gasteiger partial charge in [0, 0.05) is 5.39 Å². The molecule has 2 heterocycles. The topological polar surface area (TPSA) is 67.8 Å². The summed E-state index contributed by atoms with van der Waals surface area (Å²) in [4.78, 5) is 16.8. The maximum absolute atomic E-state index is 12.3. The number of nitrogens with one attached hydrogen (secondary N) is 1. The van der Waals surface area contributed by atoms with Crippen molar-refractivity contribution in [2.75, 3.05) is 5.32 Å². The van der Waals surface area contributed by atoms with Crippen LogP contribution in [0.2, 0.25) is 0 Å². The Bertz CT molecular complexity index is 834. The average Bonchev–Trinajstić information content (AvgIpc) is 3.02. The summed E-state index contributed by atoms with van der Waals surface area (Å²) >= 11 is 2.84. The SMILES string of the molecule is CCc1nnc(NC(=O)[C@@H](C)Sc2ccc3ccccc3n2)s1. The van der Waals surface area contributed by atoms with Gasteiger partial charge in [0.2, 0.25) is 11.0 Å². The lowest BCUT2D eigenvalue weighted by Crippen LogP contribution is -2.22. The third kappa shape index (κ3) is 3.86. The number of anilines is 1. The molecule has 0 aliphatic carbocycles. The molecule has 0 aliphatic rings. The van der Waals surface area contributed by atoms with E-state index in [1.54, 1.807) is 0 Å². The minimum atomic E-state index is -0.266. The van der Waals surface area contributed by atoms with E-state index < -0.39 is 0 Å². The standard InChI is InChI=1S/C16H16N4OS2/c1-3-13-19-20-16(23-13)18-15(21)10(2)22-14-9-8-11-6-4-5-7-12(11)17-14/h4-10H,3H2,1-2H3,(H,18,20,21)/t10-/m1/s1. The Balaban J connectivity index is 1.66. The first-order valence-corrected chi connectivity index (χ1v) is 9.01. The highest BCUT2D eigenvalue weighted by Crippen LogP contribution is 2.25. The summed E-state index contributed by atoms with van der Waals surface area (Å²) in [5.41, 5.74) is 0.932. The summed E-state index contributed by atoms with van der Waals surface area (Å²) in [6.07, 6.45) is 0.818. The maximum Gasteiger partial charge on any atom is 0.239 e. The molecule has 1 atom stereocenters. The van der Waals surface area contributed by atoms with Crippen molar-refractivity contribution < 1.29 is 4.79 Å². The predicted molar refractivity (Wildman–Crippen MR) is 95.0 cm³/mol. The third-order valence-corrected chi connectivity index (χ3v) is 5.26. The molecule has 0 fully saturated rings. The predicted octanol–water partition coefficient (Wildman–Crippen LogP) is 3.77. The van der Waals surface area contributed by atoms with Crippen LogP contribution in [0.15, 0.2) is 41.4 Å². The van der Waals surface area contributed by atoms with Gasteiger partial charge in [-0.1, -0.05) is 54.3 Å². The first-order valence-electron chi connectivity index (χ1n) is 7.31. The summed E-state index contributed by atoms with van der Waals surface area (Å²) in [5, 5.41) is 13.9. The molecule has 1 amide bonds. The second-order valence-corrected chi connectivity index (χ2v) is 7.37. The Labute approximate surface area is 142 Å². The molecule has 0 saturated heterocycles. The van der Waals surface area contributed by atoms with Gasteiger partial charge in [0.05, 0.1) is 15.8 Å². The quantitative estimate of drug-likeness (QED) is 0.714. The first-order chi connectivity index (χ1) is 11.2. The van der Waals surface area contributed by atoms with Gasteiger partial charge in [0.25, 0.3) is 0 Å². The van der Waals surface area contributed by atoms with Crippen molar-refractivity contribution in [1.29, 1.82) is 0 Å². The highest BCUT2D eigenvalue weighted by Gasteiger charge is 2.17. The van der Waals surface area contributed by atoms with E-state index >= 15 is 0 Å². The lowest BCUT2D eigenvalue weighted by molar-refractivity contribution is -0.115. The zero-order valence-corrected chi connectivity index (χ0v) is 14.4. The lowest BCUT2D eigenvalue weighted by Gasteiger charge is -2.10. The molecule has 1 N–H and O–H groups in total. The molecular formula is C16H16N4OS2. The van der Waals surface area contributed by atoms with Gasteiger partial charge >= 0.3 is 0 Å². The monoisotopic (exact) mass is 344 g/mol. The summed E-state index contributed by atoms with van der Waals surface area (Å²) < 4.78 is 0. The van der Waals surface area contributed by atoms with Gasteiger partial charge in [-0.05, 0) is 25.5 Å². The smallest absolute Gasteiger partial charge is 0.239 e. The van der Waals surface area contributed by atoms with Crippen molar-refractivity contribution in [2.45, 2.75) is 30.5 Å². The third-order valence-electron chi connectivity index (χ3n) is 3.24. The maximum atomic E-state index is 12.3. The molecule has 0 unspecified atom stereocenters. The Morgan fingerprint density at radius 3 is 2.87 bits per heavy atom. The number of thioether (sulfide) groups is 1. The van der Waals surface area contributed by atoms with E-state index in [1.165, 1.54) is 23.1 Å². The van der Waals surface area contributed by atoms with E-state index in [9.17, 15) is 4.79 Å². The van der Waals surface area contributed by atoms with E-state index in [4.69, 9.17) is 0 Å². The van der Waals surface area contributed by atoms with Gasteiger partial charge in [-0.15, -0.1) is 10.2 Å². The number of hydrogen-bond acceptors (Lipinski definition) is 6. The molecular weight excluding hydrogens is 328 g/mol. The van der Waals surface area contributed by atoms with Gasteiger partial charge < -0.3 is 0 Å². The number of carbonyl (C=O) groups excluding carboxylic acids is 1. The molecule has 0 aliphatic heterocycles. The molecule has 23 heavy (non-hydrogen) atoms. The number of aryl methyl sites for hydroxylation is 1. The van der Waals surface area contributed by atoms with Gasteiger partial charge in [-0.2, -0.15) is 0 Å². The number of hydrogen-bond donors (Lipinski definition) is 1. The fraction of sp³-hybridized carbons (Fsp3) is 0.250. The molecule has 1 aromatic carbocycles. The van der Waals surface area contributed by atoms with Crippen LogP contribution in [0.1, 0.15) is 18.9 Å². The van der Waals surface area contributed by atoms with Gasteiger partial charge in [-0.3, -0.25) is 10.1 Å². The molecule has 0 spiro atoms. The first kappa shape index (κ1) is 15.9. The number of aromatic nitrogens is 3. The second-order valence-electron chi connectivity index (χ2n) is 4.95. The summed E-state index contributed by atoms with van der Waals surface area (Å²) in [6, 6.07) is 11.9. The summed E-state index contributed by atoms with van der Waals surface area (Å²) in [5.74, 6) is -0.0937. The average molecular weight is 344 g/mol. The minimum Gasteiger partial charge on any atom is -0.300 e. The van der Waals surface area contributed by atoms with Gasteiger partial charge in [0.1, 0.15) is 5.01 Å². The van der Waals surface area contributed by atoms with E-state index in [2.05, 4.69) is 20.5 Å². The Morgan fingerprint density at radius 1 is 1.26 bits per heavy atom. The number of amides is 1.